The minimum atomic E-state index is -0.0893. The van der Waals surface area contributed by atoms with Crippen molar-refractivity contribution >= 4 is 22.4 Å². The number of fused-ring (bicyclic) bond motifs is 1. The first kappa shape index (κ1) is 15.0. The average Bonchev–Trinajstić information content (AvgIpc) is 3.04. The van der Waals surface area contributed by atoms with E-state index in [2.05, 4.69) is 33.6 Å². The van der Waals surface area contributed by atoms with Gasteiger partial charge in [-0.25, -0.2) is 4.98 Å². The highest BCUT2D eigenvalue weighted by atomic mass is 32.1. The Kier molecular flexibility index (Phi) is 3.86. The van der Waals surface area contributed by atoms with E-state index < -0.39 is 0 Å². The van der Waals surface area contributed by atoms with Crippen LogP contribution in [-0.2, 0) is 6.54 Å². The molecule has 2 N–H and O–H groups in total. The second-order valence-corrected chi connectivity index (χ2v) is 6.96. The Morgan fingerprint density at radius 2 is 2.27 bits per heavy atom. The monoisotopic (exact) mass is 320 g/mol. The SMILES string of the molecule is Cc1nnc2n1[C@@H](CC(C)C)CN(C(=O)c1csc(N)n1)C2. The number of anilines is 1. The Balaban J connectivity index is 1.88. The van der Waals surface area contributed by atoms with Gasteiger partial charge in [-0.1, -0.05) is 13.8 Å². The van der Waals surface area contributed by atoms with Gasteiger partial charge in [-0.05, 0) is 19.3 Å². The fourth-order valence-corrected chi connectivity index (χ4v) is 3.53. The summed E-state index contributed by atoms with van der Waals surface area (Å²) in [7, 11) is 0. The third-order valence-electron chi connectivity index (χ3n) is 3.84. The standard InChI is InChI=1S/C14H20N6OS/c1-8(2)4-10-5-19(6-12-18-17-9(3)20(10)12)13(21)11-7-22-14(15)16-11/h7-8,10H,4-6H2,1-3H3,(H2,15,16)/t10-/m0/s1. The summed E-state index contributed by atoms with van der Waals surface area (Å²) >= 11 is 1.28. The minimum Gasteiger partial charge on any atom is -0.375 e. The van der Waals surface area contributed by atoms with Gasteiger partial charge in [0.1, 0.15) is 11.5 Å². The second kappa shape index (κ2) is 5.68. The molecule has 3 heterocycles. The molecule has 118 valence electrons. The predicted molar refractivity (Wildman–Crippen MR) is 84.5 cm³/mol. The minimum absolute atomic E-state index is 0.0893. The summed E-state index contributed by atoms with van der Waals surface area (Å²) < 4.78 is 2.17. The third-order valence-corrected chi connectivity index (χ3v) is 4.51. The van der Waals surface area contributed by atoms with Crippen LogP contribution in [0.25, 0.3) is 0 Å². The van der Waals surface area contributed by atoms with Crippen LogP contribution in [0.5, 0.6) is 0 Å². The van der Waals surface area contributed by atoms with Crippen molar-refractivity contribution < 1.29 is 4.79 Å². The molecule has 22 heavy (non-hydrogen) atoms. The lowest BCUT2D eigenvalue weighted by atomic mass is 10.0. The van der Waals surface area contributed by atoms with Gasteiger partial charge in [-0.3, -0.25) is 4.79 Å². The van der Waals surface area contributed by atoms with Crippen LogP contribution in [0.3, 0.4) is 0 Å². The molecule has 1 atom stereocenters. The molecule has 0 spiro atoms. The molecule has 0 bridgehead atoms. The first-order valence-corrected chi connectivity index (χ1v) is 8.24. The van der Waals surface area contributed by atoms with Gasteiger partial charge in [0.15, 0.2) is 11.0 Å². The van der Waals surface area contributed by atoms with E-state index in [4.69, 9.17) is 5.73 Å². The maximum Gasteiger partial charge on any atom is 0.273 e. The van der Waals surface area contributed by atoms with Crippen LogP contribution in [-0.4, -0.2) is 37.1 Å². The second-order valence-electron chi connectivity index (χ2n) is 6.07. The Hall–Kier alpha value is -1.96. The number of nitrogen functional groups attached to an aromatic ring is 1. The largest absolute Gasteiger partial charge is 0.375 e. The summed E-state index contributed by atoms with van der Waals surface area (Å²) in [4.78, 5) is 18.5. The summed E-state index contributed by atoms with van der Waals surface area (Å²) in [6, 6.07) is 0.207. The molecular formula is C14H20N6OS. The lowest BCUT2D eigenvalue weighted by Crippen LogP contribution is -2.42. The molecule has 1 amide bonds. The van der Waals surface area contributed by atoms with E-state index in [1.54, 1.807) is 10.3 Å². The number of amides is 1. The van der Waals surface area contributed by atoms with Gasteiger partial charge in [-0.15, -0.1) is 21.5 Å². The number of hydrogen-bond donors (Lipinski definition) is 1. The zero-order chi connectivity index (χ0) is 15.9. The van der Waals surface area contributed by atoms with Crippen LogP contribution >= 0.6 is 11.3 Å². The van der Waals surface area contributed by atoms with Crippen LogP contribution in [0.4, 0.5) is 5.13 Å². The molecule has 8 heteroatoms. The highest BCUT2D eigenvalue weighted by Gasteiger charge is 2.32. The maximum atomic E-state index is 12.6. The van der Waals surface area contributed by atoms with Crippen LogP contribution < -0.4 is 5.73 Å². The molecule has 2 aromatic rings. The van der Waals surface area contributed by atoms with Gasteiger partial charge < -0.3 is 15.2 Å². The summed E-state index contributed by atoms with van der Waals surface area (Å²) in [5.41, 5.74) is 6.04. The van der Waals surface area contributed by atoms with Crippen LogP contribution in [0.1, 0.15) is 48.4 Å². The van der Waals surface area contributed by atoms with E-state index >= 15 is 0 Å². The summed E-state index contributed by atoms with van der Waals surface area (Å²) in [5, 5.41) is 10.5. The number of thiazole rings is 1. The van der Waals surface area contributed by atoms with Crippen molar-refractivity contribution in [3.05, 3.63) is 22.7 Å². The van der Waals surface area contributed by atoms with E-state index in [9.17, 15) is 4.79 Å². The highest BCUT2D eigenvalue weighted by molar-refractivity contribution is 7.13. The van der Waals surface area contributed by atoms with Gasteiger partial charge in [0.25, 0.3) is 5.91 Å². The zero-order valence-electron chi connectivity index (χ0n) is 13.0. The number of carbonyl (C=O) groups is 1. The molecule has 0 radical (unpaired) electrons. The van der Waals surface area contributed by atoms with Crippen molar-refractivity contribution in [2.75, 3.05) is 12.3 Å². The van der Waals surface area contributed by atoms with E-state index in [-0.39, 0.29) is 11.9 Å². The van der Waals surface area contributed by atoms with Gasteiger partial charge in [-0.2, -0.15) is 0 Å². The Morgan fingerprint density at radius 1 is 1.50 bits per heavy atom. The smallest absolute Gasteiger partial charge is 0.273 e. The van der Waals surface area contributed by atoms with E-state index in [0.717, 1.165) is 18.1 Å². The Labute approximate surface area is 133 Å². The summed E-state index contributed by atoms with van der Waals surface area (Å²) in [6.07, 6.45) is 0.981. The number of rotatable bonds is 3. The molecular weight excluding hydrogens is 300 g/mol. The lowest BCUT2D eigenvalue weighted by Gasteiger charge is -2.34. The lowest BCUT2D eigenvalue weighted by molar-refractivity contribution is 0.0655. The van der Waals surface area contributed by atoms with E-state index in [0.29, 0.717) is 29.8 Å². The summed E-state index contributed by atoms with van der Waals surface area (Å²) in [5.74, 6) is 2.19. The maximum absolute atomic E-state index is 12.6. The Bertz CT molecular complexity index is 691. The molecule has 0 saturated heterocycles. The average molecular weight is 320 g/mol. The van der Waals surface area contributed by atoms with Crippen molar-refractivity contribution in [2.24, 2.45) is 5.92 Å². The molecule has 0 saturated carbocycles. The molecule has 0 aromatic carbocycles. The van der Waals surface area contributed by atoms with Crippen molar-refractivity contribution in [1.82, 2.24) is 24.6 Å². The number of hydrogen-bond acceptors (Lipinski definition) is 6. The molecule has 0 fully saturated rings. The van der Waals surface area contributed by atoms with E-state index in [1.165, 1.54) is 11.3 Å². The number of aryl methyl sites for hydroxylation is 1. The van der Waals surface area contributed by atoms with Crippen LogP contribution in [0, 0.1) is 12.8 Å². The van der Waals surface area contributed by atoms with Gasteiger partial charge in [0.05, 0.1) is 12.6 Å². The zero-order valence-corrected chi connectivity index (χ0v) is 13.8. The fourth-order valence-electron chi connectivity index (χ4n) is 2.99. The van der Waals surface area contributed by atoms with Crippen molar-refractivity contribution in [1.29, 1.82) is 0 Å². The topological polar surface area (TPSA) is 89.9 Å². The van der Waals surface area contributed by atoms with Gasteiger partial charge >= 0.3 is 0 Å². The third kappa shape index (κ3) is 2.70. The number of aromatic nitrogens is 4. The molecule has 1 aliphatic heterocycles. The number of nitrogens with two attached hydrogens (primary N) is 1. The van der Waals surface area contributed by atoms with E-state index in [1.807, 2.05) is 6.92 Å². The van der Waals surface area contributed by atoms with Crippen molar-refractivity contribution in [3.8, 4) is 0 Å². The molecule has 1 aliphatic rings. The normalized spacial score (nSPS) is 17.8. The highest BCUT2D eigenvalue weighted by Crippen LogP contribution is 2.28. The molecule has 3 rings (SSSR count). The molecule has 7 nitrogen and oxygen atoms in total. The summed E-state index contributed by atoms with van der Waals surface area (Å²) in [6.45, 7) is 7.44. The van der Waals surface area contributed by atoms with Gasteiger partial charge in [0.2, 0.25) is 0 Å². The Morgan fingerprint density at radius 3 is 2.91 bits per heavy atom. The molecule has 2 aromatic heterocycles. The fraction of sp³-hybridized carbons (Fsp3) is 0.571. The van der Waals surface area contributed by atoms with Crippen molar-refractivity contribution in [3.63, 3.8) is 0 Å². The van der Waals surface area contributed by atoms with Crippen molar-refractivity contribution in [2.45, 2.75) is 39.8 Å². The van der Waals surface area contributed by atoms with Gasteiger partial charge in [0, 0.05) is 11.9 Å². The predicted octanol–water partition coefficient (Wildman–Crippen LogP) is 1.87. The quantitative estimate of drug-likeness (QED) is 0.932. The van der Waals surface area contributed by atoms with Crippen LogP contribution in [0.15, 0.2) is 5.38 Å². The number of nitrogens with zero attached hydrogens (tertiary/aromatic N) is 5. The number of carbonyl (C=O) groups excluding carboxylic acids is 1. The van der Waals surface area contributed by atoms with Crippen LogP contribution in [0.2, 0.25) is 0 Å². The molecule has 0 aliphatic carbocycles. The first-order chi connectivity index (χ1) is 10.5. The first-order valence-electron chi connectivity index (χ1n) is 7.36. The molecule has 0 unspecified atom stereocenters.